The average molecular weight is 421 g/mol. The molecule has 0 nitrogen and oxygen atoms in total. The highest BCUT2D eigenvalue weighted by Gasteiger charge is 2.06. The van der Waals surface area contributed by atoms with E-state index in [2.05, 4.69) is 68.2 Å². The quantitative estimate of drug-likeness (QED) is 0.281. The monoisotopic (exact) mass is 420 g/mol. The second-order valence-electron chi connectivity index (χ2n) is 8.35. The summed E-state index contributed by atoms with van der Waals surface area (Å²) in [4.78, 5) is 0. The van der Waals surface area contributed by atoms with Gasteiger partial charge in [-0.25, -0.2) is 4.39 Å². The Bertz CT molecular complexity index is 1250. The molecule has 0 aliphatic heterocycles. The zero-order chi connectivity index (χ0) is 22.3. The Morgan fingerprint density at radius 2 is 1.25 bits per heavy atom. The molecule has 0 saturated heterocycles. The lowest BCUT2D eigenvalue weighted by Gasteiger charge is -2.05. The SMILES string of the molecule is CCCc1ccc2c(F)c(C#Cc3ccc(CCc4ccc(CC)cc4)cc3)ccc2c1. The molecule has 160 valence electrons. The lowest BCUT2D eigenvalue weighted by molar-refractivity contribution is 0.636. The van der Waals surface area contributed by atoms with E-state index in [1.807, 2.05) is 30.3 Å². The molecule has 4 rings (SSSR count). The first kappa shape index (κ1) is 21.8. The third-order valence-corrected chi connectivity index (χ3v) is 5.99. The second-order valence-corrected chi connectivity index (χ2v) is 8.35. The molecule has 4 aromatic rings. The highest BCUT2D eigenvalue weighted by molar-refractivity contribution is 5.85. The fourth-order valence-electron chi connectivity index (χ4n) is 4.01. The minimum Gasteiger partial charge on any atom is -0.205 e. The van der Waals surface area contributed by atoms with Crippen LogP contribution in [-0.2, 0) is 25.7 Å². The van der Waals surface area contributed by atoms with Crippen molar-refractivity contribution < 1.29 is 4.39 Å². The molecule has 0 spiro atoms. The molecule has 0 saturated carbocycles. The Morgan fingerprint density at radius 1 is 0.625 bits per heavy atom. The van der Waals surface area contributed by atoms with Crippen LogP contribution in [0.25, 0.3) is 10.8 Å². The van der Waals surface area contributed by atoms with Crippen molar-refractivity contribution in [2.75, 3.05) is 0 Å². The first-order valence-corrected chi connectivity index (χ1v) is 11.6. The minimum atomic E-state index is -0.233. The number of benzene rings is 4. The molecule has 0 heterocycles. The van der Waals surface area contributed by atoms with Crippen molar-refractivity contribution >= 4 is 10.8 Å². The predicted octanol–water partition coefficient (Wildman–Crippen LogP) is 7.68. The van der Waals surface area contributed by atoms with Crippen LogP contribution < -0.4 is 0 Å². The summed E-state index contributed by atoms with van der Waals surface area (Å²) in [5.74, 6) is 5.91. The Morgan fingerprint density at radius 3 is 1.91 bits per heavy atom. The van der Waals surface area contributed by atoms with Crippen LogP contribution >= 0.6 is 0 Å². The van der Waals surface area contributed by atoms with Gasteiger partial charge in [0.25, 0.3) is 0 Å². The maximum absolute atomic E-state index is 15.0. The van der Waals surface area contributed by atoms with Gasteiger partial charge in [-0.2, -0.15) is 0 Å². The summed E-state index contributed by atoms with van der Waals surface area (Å²) in [6.45, 7) is 4.33. The van der Waals surface area contributed by atoms with Crippen LogP contribution in [0.3, 0.4) is 0 Å². The second kappa shape index (κ2) is 10.3. The highest BCUT2D eigenvalue weighted by Crippen LogP contribution is 2.23. The van der Waals surface area contributed by atoms with Gasteiger partial charge >= 0.3 is 0 Å². The highest BCUT2D eigenvalue weighted by atomic mass is 19.1. The molecular formula is C31H29F. The van der Waals surface area contributed by atoms with Gasteiger partial charge in [0.15, 0.2) is 0 Å². The van der Waals surface area contributed by atoms with E-state index in [1.165, 1.54) is 22.3 Å². The van der Waals surface area contributed by atoms with Crippen LogP contribution in [0.4, 0.5) is 4.39 Å². The maximum atomic E-state index is 15.0. The molecule has 4 aromatic carbocycles. The molecule has 1 heteroatoms. The lowest BCUT2D eigenvalue weighted by Crippen LogP contribution is -1.92. The average Bonchev–Trinajstić information content (AvgIpc) is 2.83. The summed E-state index contributed by atoms with van der Waals surface area (Å²) in [5.41, 5.74) is 6.62. The first-order valence-electron chi connectivity index (χ1n) is 11.6. The predicted molar refractivity (Wildman–Crippen MR) is 134 cm³/mol. The van der Waals surface area contributed by atoms with E-state index in [-0.39, 0.29) is 5.82 Å². The molecule has 0 N–H and O–H groups in total. The fraction of sp³-hybridized carbons (Fsp3) is 0.226. The lowest BCUT2D eigenvalue weighted by atomic mass is 10.0. The largest absolute Gasteiger partial charge is 0.205 e. The third-order valence-electron chi connectivity index (χ3n) is 5.99. The van der Waals surface area contributed by atoms with Crippen molar-refractivity contribution in [2.24, 2.45) is 0 Å². The molecule has 0 amide bonds. The van der Waals surface area contributed by atoms with Gasteiger partial charge in [-0.15, -0.1) is 0 Å². The topological polar surface area (TPSA) is 0 Å². The zero-order valence-corrected chi connectivity index (χ0v) is 18.9. The van der Waals surface area contributed by atoms with Crippen molar-refractivity contribution in [3.63, 3.8) is 0 Å². The van der Waals surface area contributed by atoms with Gasteiger partial charge in [0.2, 0.25) is 0 Å². The van der Waals surface area contributed by atoms with E-state index in [9.17, 15) is 4.39 Å². The molecule has 0 atom stereocenters. The van der Waals surface area contributed by atoms with Gasteiger partial charge in [-0.05, 0) is 71.5 Å². The van der Waals surface area contributed by atoms with Crippen molar-refractivity contribution in [2.45, 2.75) is 46.0 Å². The summed E-state index contributed by atoms with van der Waals surface area (Å²) < 4.78 is 15.0. The molecule has 0 aliphatic rings. The maximum Gasteiger partial charge on any atom is 0.146 e. The summed E-state index contributed by atoms with van der Waals surface area (Å²) >= 11 is 0. The van der Waals surface area contributed by atoms with Crippen molar-refractivity contribution in [1.29, 1.82) is 0 Å². The van der Waals surface area contributed by atoms with Gasteiger partial charge in [0, 0.05) is 10.9 Å². The van der Waals surface area contributed by atoms with E-state index < -0.39 is 0 Å². The number of fused-ring (bicyclic) bond motifs is 1. The fourth-order valence-corrected chi connectivity index (χ4v) is 4.01. The van der Waals surface area contributed by atoms with Crippen LogP contribution in [0.15, 0.2) is 78.9 Å². The van der Waals surface area contributed by atoms with E-state index in [0.29, 0.717) is 10.9 Å². The Labute approximate surface area is 191 Å². The van der Waals surface area contributed by atoms with Gasteiger partial charge in [0.1, 0.15) is 5.82 Å². The first-order chi connectivity index (χ1) is 15.7. The molecule has 32 heavy (non-hydrogen) atoms. The van der Waals surface area contributed by atoms with Gasteiger partial charge in [-0.1, -0.05) is 92.8 Å². The van der Waals surface area contributed by atoms with Crippen LogP contribution in [-0.4, -0.2) is 0 Å². The number of hydrogen-bond acceptors (Lipinski definition) is 0. The zero-order valence-electron chi connectivity index (χ0n) is 18.9. The molecule has 0 bridgehead atoms. The van der Waals surface area contributed by atoms with Gasteiger partial charge < -0.3 is 0 Å². The van der Waals surface area contributed by atoms with Crippen LogP contribution in [0.2, 0.25) is 0 Å². The minimum absolute atomic E-state index is 0.233. The normalized spacial score (nSPS) is 10.7. The molecule has 0 aromatic heterocycles. The molecule has 0 aliphatic carbocycles. The molecule has 0 unspecified atom stereocenters. The standard InChI is InChI=1S/C31H29F/c1-3-5-27-17-21-30-29(22-27)20-19-28(31(30)32)18-16-26-14-12-25(13-15-26)11-10-24-8-6-23(4-2)7-9-24/h6-9,12-15,17,19-22H,3-5,10-11H2,1-2H3. The number of aryl methyl sites for hydroxylation is 4. The van der Waals surface area contributed by atoms with E-state index in [0.717, 1.165) is 43.1 Å². The summed E-state index contributed by atoms with van der Waals surface area (Å²) in [6, 6.07) is 26.9. The summed E-state index contributed by atoms with van der Waals surface area (Å²) in [6.07, 6.45) is 5.20. The van der Waals surface area contributed by atoms with E-state index in [1.54, 1.807) is 6.07 Å². The van der Waals surface area contributed by atoms with Crippen LogP contribution in [0.1, 0.15) is 53.6 Å². The molecule has 0 radical (unpaired) electrons. The van der Waals surface area contributed by atoms with E-state index in [4.69, 9.17) is 0 Å². The Hall–Kier alpha value is -3.37. The van der Waals surface area contributed by atoms with Gasteiger partial charge in [-0.3, -0.25) is 0 Å². The van der Waals surface area contributed by atoms with Crippen LogP contribution in [0, 0.1) is 17.7 Å². The molecular weight excluding hydrogens is 391 g/mol. The van der Waals surface area contributed by atoms with Gasteiger partial charge in [0.05, 0.1) is 5.56 Å². The molecule has 0 fully saturated rings. The Kier molecular flexibility index (Phi) is 7.03. The number of hydrogen-bond donors (Lipinski definition) is 0. The summed E-state index contributed by atoms with van der Waals surface area (Å²) in [7, 11) is 0. The van der Waals surface area contributed by atoms with Crippen molar-refractivity contribution in [3.8, 4) is 11.8 Å². The van der Waals surface area contributed by atoms with E-state index >= 15 is 0 Å². The number of rotatable bonds is 6. The van der Waals surface area contributed by atoms with Crippen molar-refractivity contribution in [3.05, 3.63) is 118 Å². The third kappa shape index (κ3) is 5.27. The van der Waals surface area contributed by atoms with Crippen molar-refractivity contribution in [1.82, 2.24) is 0 Å². The number of halogens is 1. The Balaban J connectivity index is 1.44. The summed E-state index contributed by atoms with van der Waals surface area (Å²) in [5, 5.41) is 1.58. The van der Waals surface area contributed by atoms with Crippen LogP contribution in [0.5, 0.6) is 0 Å². The smallest absolute Gasteiger partial charge is 0.146 e.